The number of hydrogen-bond acceptors (Lipinski definition) is 7. The number of aromatic nitrogens is 4. The molecule has 1 N–H and O–H groups in total. The van der Waals surface area contributed by atoms with Gasteiger partial charge in [0.1, 0.15) is 11.6 Å². The summed E-state index contributed by atoms with van der Waals surface area (Å²) in [6.07, 6.45) is 0.366. The first-order valence-corrected chi connectivity index (χ1v) is 13.1. The average molecular weight is 502 g/mol. The molecule has 34 heavy (non-hydrogen) atoms. The Hall–Kier alpha value is -3.02. The number of halogens is 1. The number of nitrogens with one attached hydrogen (secondary N) is 1. The summed E-state index contributed by atoms with van der Waals surface area (Å²) in [4.78, 5) is -0.0233. The third kappa shape index (κ3) is 5.72. The SMILES string of the molecule is CCn1c(SCc2cc(C)no2)nnc1[C@@H](Cc1ccccc1)NS(=O)(=O)c1ccc(F)cc1. The fraction of sp³-hybridized carbons (Fsp3) is 0.261. The topological polar surface area (TPSA) is 103 Å². The zero-order valence-electron chi connectivity index (χ0n) is 18.7. The fourth-order valence-electron chi connectivity index (χ4n) is 3.49. The molecule has 0 saturated carbocycles. The number of sulfonamides is 1. The van der Waals surface area contributed by atoms with Crippen molar-refractivity contribution in [3.8, 4) is 0 Å². The third-order valence-corrected chi connectivity index (χ3v) is 7.57. The second kappa shape index (κ2) is 10.5. The van der Waals surface area contributed by atoms with Crippen molar-refractivity contribution >= 4 is 21.8 Å². The van der Waals surface area contributed by atoms with Gasteiger partial charge in [-0.15, -0.1) is 10.2 Å². The van der Waals surface area contributed by atoms with Crippen LogP contribution in [0.5, 0.6) is 0 Å². The van der Waals surface area contributed by atoms with E-state index < -0.39 is 21.9 Å². The number of nitrogens with zero attached hydrogens (tertiary/aromatic N) is 4. The van der Waals surface area contributed by atoms with Gasteiger partial charge in [-0.2, -0.15) is 0 Å². The standard InChI is InChI=1S/C23H24FN5O3S2/c1-3-29-22(25-26-23(29)33-15-19-13-16(2)27-32-19)21(14-17-7-5-4-6-8-17)28-34(30,31)20-11-9-18(24)10-12-20/h4-13,21,28H,3,14-15H2,1-2H3/t21-/m1/s1. The summed E-state index contributed by atoms with van der Waals surface area (Å²) >= 11 is 1.44. The summed E-state index contributed by atoms with van der Waals surface area (Å²) < 4.78 is 49.5. The molecule has 11 heteroatoms. The van der Waals surface area contributed by atoms with Gasteiger partial charge in [-0.3, -0.25) is 0 Å². The van der Waals surface area contributed by atoms with E-state index in [4.69, 9.17) is 4.52 Å². The molecule has 2 aromatic carbocycles. The van der Waals surface area contributed by atoms with E-state index in [1.807, 2.05) is 54.8 Å². The van der Waals surface area contributed by atoms with Gasteiger partial charge < -0.3 is 9.09 Å². The average Bonchev–Trinajstić information content (AvgIpc) is 3.43. The molecule has 2 heterocycles. The van der Waals surface area contributed by atoms with Crippen LogP contribution in [-0.2, 0) is 28.7 Å². The van der Waals surface area contributed by atoms with E-state index >= 15 is 0 Å². The minimum absolute atomic E-state index is 0.0233. The Morgan fingerprint density at radius 1 is 1.12 bits per heavy atom. The van der Waals surface area contributed by atoms with Crippen molar-refractivity contribution < 1.29 is 17.3 Å². The molecular formula is C23H24FN5O3S2. The van der Waals surface area contributed by atoms with E-state index in [1.165, 1.54) is 23.9 Å². The molecule has 0 aliphatic carbocycles. The van der Waals surface area contributed by atoms with E-state index in [1.54, 1.807) is 0 Å². The maximum absolute atomic E-state index is 13.3. The van der Waals surface area contributed by atoms with Crippen molar-refractivity contribution in [3.63, 3.8) is 0 Å². The first kappa shape index (κ1) is 24.1. The van der Waals surface area contributed by atoms with Gasteiger partial charge in [0.25, 0.3) is 0 Å². The normalized spacial score (nSPS) is 12.7. The molecule has 1 atom stereocenters. The molecule has 2 aromatic heterocycles. The molecule has 0 bridgehead atoms. The summed E-state index contributed by atoms with van der Waals surface area (Å²) in [5.74, 6) is 1.22. The summed E-state index contributed by atoms with van der Waals surface area (Å²) in [5.41, 5.74) is 1.73. The van der Waals surface area contributed by atoms with E-state index in [-0.39, 0.29) is 4.90 Å². The summed E-state index contributed by atoms with van der Waals surface area (Å²) in [6, 6.07) is 15.4. The highest BCUT2D eigenvalue weighted by molar-refractivity contribution is 7.98. The highest BCUT2D eigenvalue weighted by Gasteiger charge is 2.27. The Kier molecular flexibility index (Phi) is 7.44. The van der Waals surface area contributed by atoms with Crippen molar-refractivity contribution in [2.45, 2.75) is 48.7 Å². The number of hydrogen-bond donors (Lipinski definition) is 1. The quantitative estimate of drug-likeness (QED) is 0.323. The Morgan fingerprint density at radius 2 is 1.85 bits per heavy atom. The van der Waals surface area contributed by atoms with Crippen LogP contribution in [0, 0.1) is 12.7 Å². The van der Waals surface area contributed by atoms with Crippen LogP contribution in [0.2, 0.25) is 0 Å². The zero-order chi connectivity index (χ0) is 24.1. The Labute approximate surface area is 201 Å². The second-order valence-corrected chi connectivity index (χ2v) is 10.3. The van der Waals surface area contributed by atoms with Crippen LogP contribution >= 0.6 is 11.8 Å². The predicted octanol–water partition coefficient (Wildman–Crippen LogP) is 4.29. The first-order chi connectivity index (χ1) is 16.4. The molecule has 4 aromatic rings. The van der Waals surface area contributed by atoms with Gasteiger partial charge in [-0.05, 0) is 50.1 Å². The number of aryl methyl sites for hydroxylation is 1. The van der Waals surface area contributed by atoms with Crippen LogP contribution in [0.3, 0.4) is 0 Å². The van der Waals surface area contributed by atoms with Gasteiger partial charge in [0.05, 0.1) is 22.4 Å². The van der Waals surface area contributed by atoms with E-state index in [2.05, 4.69) is 20.1 Å². The smallest absolute Gasteiger partial charge is 0.241 e. The number of benzene rings is 2. The fourth-order valence-corrected chi connectivity index (χ4v) is 5.56. The molecule has 0 saturated heterocycles. The van der Waals surface area contributed by atoms with Crippen molar-refractivity contribution in [3.05, 3.63) is 89.3 Å². The van der Waals surface area contributed by atoms with Crippen LogP contribution in [0.15, 0.2) is 75.2 Å². The third-order valence-electron chi connectivity index (χ3n) is 5.10. The summed E-state index contributed by atoms with van der Waals surface area (Å²) in [6.45, 7) is 4.35. The molecule has 0 spiro atoms. The monoisotopic (exact) mass is 501 g/mol. The van der Waals surface area contributed by atoms with Crippen molar-refractivity contribution in [1.82, 2.24) is 24.6 Å². The van der Waals surface area contributed by atoms with Gasteiger partial charge in [0.2, 0.25) is 10.0 Å². The van der Waals surface area contributed by atoms with E-state index in [0.717, 1.165) is 23.4 Å². The first-order valence-electron chi connectivity index (χ1n) is 10.7. The van der Waals surface area contributed by atoms with Crippen LogP contribution in [0.1, 0.15) is 35.8 Å². The molecule has 0 unspecified atom stereocenters. The van der Waals surface area contributed by atoms with Gasteiger partial charge in [-0.1, -0.05) is 47.3 Å². The Balaban J connectivity index is 1.64. The minimum atomic E-state index is -3.94. The van der Waals surface area contributed by atoms with E-state index in [0.29, 0.717) is 35.5 Å². The highest BCUT2D eigenvalue weighted by atomic mass is 32.2. The van der Waals surface area contributed by atoms with Crippen LogP contribution in [-0.4, -0.2) is 28.3 Å². The molecular weight excluding hydrogens is 477 g/mol. The predicted molar refractivity (Wildman–Crippen MR) is 126 cm³/mol. The van der Waals surface area contributed by atoms with Gasteiger partial charge in [-0.25, -0.2) is 17.5 Å². The number of rotatable bonds is 10. The molecule has 0 amide bonds. The molecule has 0 aliphatic heterocycles. The lowest BCUT2D eigenvalue weighted by molar-refractivity contribution is 0.391. The van der Waals surface area contributed by atoms with Crippen LogP contribution in [0.4, 0.5) is 4.39 Å². The maximum atomic E-state index is 13.3. The lowest BCUT2D eigenvalue weighted by Crippen LogP contribution is -2.32. The Morgan fingerprint density at radius 3 is 2.50 bits per heavy atom. The molecule has 0 aliphatic rings. The molecule has 178 valence electrons. The van der Waals surface area contributed by atoms with Gasteiger partial charge in [0, 0.05) is 12.6 Å². The highest BCUT2D eigenvalue weighted by Crippen LogP contribution is 2.27. The van der Waals surface area contributed by atoms with Crippen LogP contribution < -0.4 is 4.72 Å². The Bertz CT molecular complexity index is 1340. The molecule has 8 nitrogen and oxygen atoms in total. The summed E-state index contributed by atoms with van der Waals surface area (Å²) in [7, 11) is -3.94. The minimum Gasteiger partial charge on any atom is -0.360 e. The number of thioether (sulfide) groups is 1. The van der Waals surface area contributed by atoms with Crippen molar-refractivity contribution in [2.75, 3.05) is 0 Å². The summed E-state index contributed by atoms with van der Waals surface area (Å²) in [5, 5.41) is 13.2. The molecule has 0 radical (unpaired) electrons. The van der Waals surface area contributed by atoms with Crippen molar-refractivity contribution in [2.24, 2.45) is 0 Å². The van der Waals surface area contributed by atoms with Crippen LogP contribution in [0.25, 0.3) is 0 Å². The zero-order valence-corrected chi connectivity index (χ0v) is 20.3. The molecule has 4 rings (SSSR count). The molecule has 0 fully saturated rings. The largest absolute Gasteiger partial charge is 0.360 e. The van der Waals surface area contributed by atoms with Gasteiger partial charge >= 0.3 is 0 Å². The van der Waals surface area contributed by atoms with Crippen molar-refractivity contribution in [1.29, 1.82) is 0 Å². The maximum Gasteiger partial charge on any atom is 0.241 e. The lowest BCUT2D eigenvalue weighted by Gasteiger charge is -2.19. The second-order valence-electron chi connectivity index (χ2n) is 7.63. The van der Waals surface area contributed by atoms with E-state index in [9.17, 15) is 12.8 Å². The van der Waals surface area contributed by atoms with Gasteiger partial charge in [0.15, 0.2) is 11.0 Å². The lowest BCUT2D eigenvalue weighted by atomic mass is 10.1.